The van der Waals surface area contributed by atoms with E-state index in [9.17, 15) is 20.0 Å². The molecule has 0 atom stereocenters. The summed E-state index contributed by atoms with van der Waals surface area (Å²) in [6, 6.07) is 10.0. The molecule has 0 aliphatic heterocycles. The van der Waals surface area contributed by atoms with Gasteiger partial charge in [-0.05, 0) is 94.9 Å². The number of allylic oxidation sites excluding steroid dienone is 1. The van der Waals surface area contributed by atoms with E-state index in [4.69, 9.17) is 9.84 Å². The lowest BCUT2D eigenvalue weighted by molar-refractivity contribution is -0.114. The van der Waals surface area contributed by atoms with Gasteiger partial charge in [-0.25, -0.2) is 4.79 Å². The van der Waals surface area contributed by atoms with E-state index in [-0.39, 0.29) is 5.75 Å². The first-order valence-electron chi connectivity index (χ1n) is 9.03. The molecule has 0 spiro atoms. The minimum atomic E-state index is -1.57. The zero-order valence-corrected chi connectivity index (χ0v) is 21.3. The first kappa shape index (κ1) is 25.4. The second-order valence-corrected chi connectivity index (χ2v) is 8.66. The number of hydrogen-bond donors (Lipinski definition) is 3. The standard InChI is InChI=1S/C21H18I2N4O5/c1-4-27(26-17(10-24)20(29)25-21(30)31)12-7-15(22)19(16(23)8-12)32-13-5-6-18(28)14(9-13)11(2)3/h5-9,28H,2,4H2,1,3H3,(H,25,29)(H,30,31). The summed E-state index contributed by atoms with van der Waals surface area (Å²) in [6.45, 7) is 7.72. The first-order valence-corrected chi connectivity index (χ1v) is 11.2. The number of hydrazone groups is 1. The third-order valence-corrected chi connectivity index (χ3v) is 5.59. The molecule has 11 heteroatoms. The van der Waals surface area contributed by atoms with Crippen LogP contribution in [-0.2, 0) is 4.79 Å². The highest BCUT2D eigenvalue weighted by atomic mass is 127. The number of halogens is 2. The average molecular weight is 660 g/mol. The van der Waals surface area contributed by atoms with E-state index in [1.165, 1.54) is 11.1 Å². The zero-order valence-electron chi connectivity index (χ0n) is 17.0. The van der Waals surface area contributed by atoms with Gasteiger partial charge >= 0.3 is 6.09 Å². The SMILES string of the molecule is C=C(C)c1cc(Oc2c(I)cc(N(CC)N=C(C#N)C(=O)NC(=O)O)cc2I)ccc1O. The monoisotopic (exact) mass is 660 g/mol. The average Bonchev–Trinajstić information content (AvgIpc) is 2.71. The fraction of sp³-hybridized carbons (Fsp3) is 0.143. The molecule has 0 saturated carbocycles. The second kappa shape index (κ2) is 11.1. The summed E-state index contributed by atoms with van der Waals surface area (Å²) in [6.07, 6.45) is -1.57. The Kier molecular flexibility index (Phi) is 8.84. The molecule has 0 unspecified atom stereocenters. The zero-order chi connectivity index (χ0) is 24.0. The summed E-state index contributed by atoms with van der Waals surface area (Å²) in [5.74, 6) is 0.106. The van der Waals surface area contributed by atoms with Crippen molar-refractivity contribution in [2.45, 2.75) is 13.8 Å². The number of carboxylic acid groups (broad SMARTS) is 1. The van der Waals surface area contributed by atoms with Crippen molar-refractivity contribution in [1.82, 2.24) is 5.32 Å². The third-order valence-electron chi connectivity index (χ3n) is 3.99. The largest absolute Gasteiger partial charge is 0.507 e. The lowest BCUT2D eigenvalue weighted by atomic mass is 10.1. The number of phenolic OH excluding ortho intramolecular Hbond substituents is 1. The highest BCUT2D eigenvalue weighted by Crippen LogP contribution is 2.37. The van der Waals surface area contributed by atoms with E-state index in [0.717, 1.165) is 7.14 Å². The van der Waals surface area contributed by atoms with Crippen LogP contribution in [0, 0.1) is 18.5 Å². The predicted molar refractivity (Wildman–Crippen MR) is 137 cm³/mol. The molecule has 0 fully saturated rings. The van der Waals surface area contributed by atoms with E-state index < -0.39 is 17.7 Å². The van der Waals surface area contributed by atoms with Crippen LogP contribution in [0.5, 0.6) is 17.2 Å². The Bertz CT molecular complexity index is 1130. The number of nitriles is 1. The number of nitrogens with zero attached hydrogens (tertiary/aromatic N) is 3. The summed E-state index contributed by atoms with van der Waals surface area (Å²) in [5, 5.41) is 34.8. The summed E-state index contributed by atoms with van der Waals surface area (Å²) >= 11 is 4.19. The quantitative estimate of drug-likeness (QED) is 0.218. The fourth-order valence-corrected chi connectivity index (χ4v) is 4.49. The molecule has 0 heterocycles. The van der Waals surface area contributed by atoms with E-state index in [1.54, 1.807) is 49.5 Å². The summed E-state index contributed by atoms with van der Waals surface area (Å²) in [7, 11) is 0. The van der Waals surface area contributed by atoms with E-state index in [0.29, 0.717) is 34.9 Å². The van der Waals surface area contributed by atoms with Crippen molar-refractivity contribution in [3.05, 3.63) is 49.6 Å². The Balaban J connectivity index is 2.39. The van der Waals surface area contributed by atoms with Gasteiger partial charge in [0.05, 0.1) is 12.8 Å². The van der Waals surface area contributed by atoms with Crippen molar-refractivity contribution in [2.75, 3.05) is 11.6 Å². The smallest absolute Gasteiger partial charge is 0.411 e. The highest BCUT2D eigenvalue weighted by Gasteiger charge is 2.18. The van der Waals surface area contributed by atoms with E-state index >= 15 is 0 Å². The molecule has 166 valence electrons. The number of aromatic hydroxyl groups is 1. The third kappa shape index (κ3) is 6.33. The highest BCUT2D eigenvalue weighted by molar-refractivity contribution is 14.1. The summed E-state index contributed by atoms with van der Waals surface area (Å²) in [5.41, 5.74) is 1.28. The molecule has 0 bridgehead atoms. The van der Waals surface area contributed by atoms with Crippen molar-refractivity contribution in [1.29, 1.82) is 5.26 Å². The van der Waals surface area contributed by atoms with Gasteiger partial charge in [-0.15, -0.1) is 0 Å². The molecule has 2 rings (SSSR count). The number of carbonyl (C=O) groups is 2. The molecular formula is C21H18I2N4O5. The first-order chi connectivity index (χ1) is 15.1. The molecule has 2 aromatic rings. The second-order valence-electron chi connectivity index (χ2n) is 6.34. The molecule has 9 nitrogen and oxygen atoms in total. The van der Waals surface area contributed by atoms with Crippen molar-refractivity contribution >= 4 is 74.2 Å². The maximum Gasteiger partial charge on any atom is 0.411 e. The van der Waals surface area contributed by atoms with Crippen LogP contribution in [0.3, 0.4) is 0 Å². The number of nitrogens with one attached hydrogen (secondary N) is 1. The van der Waals surface area contributed by atoms with Crippen LogP contribution >= 0.6 is 45.2 Å². The number of ether oxygens (including phenoxy) is 1. The van der Waals surface area contributed by atoms with Gasteiger partial charge in [-0.2, -0.15) is 10.4 Å². The van der Waals surface area contributed by atoms with Crippen LogP contribution in [0.1, 0.15) is 19.4 Å². The molecule has 2 aromatic carbocycles. The van der Waals surface area contributed by atoms with Gasteiger partial charge in [-0.1, -0.05) is 6.58 Å². The Hall–Kier alpha value is -2.86. The van der Waals surface area contributed by atoms with Crippen molar-refractivity contribution in [2.24, 2.45) is 5.10 Å². The van der Waals surface area contributed by atoms with Crippen LogP contribution in [0.4, 0.5) is 10.5 Å². The Morgan fingerprint density at radius 3 is 2.41 bits per heavy atom. The molecule has 0 radical (unpaired) electrons. The normalized spacial score (nSPS) is 10.8. The topological polar surface area (TPSA) is 135 Å². The Labute approximate surface area is 211 Å². The van der Waals surface area contributed by atoms with Crippen LogP contribution in [-0.4, -0.2) is 34.5 Å². The number of anilines is 1. The number of carbonyl (C=O) groups excluding carboxylic acids is 1. The molecule has 32 heavy (non-hydrogen) atoms. The van der Waals surface area contributed by atoms with Gasteiger partial charge < -0.3 is 14.9 Å². The number of rotatable bonds is 7. The van der Waals surface area contributed by atoms with Crippen LogP contribution in [0.2, 0.25) is 0 Å². The number of hydrogen-bond acceptors (Lipinski definition) is 7. The van der Waals surface area contributed by atoms with Crippen LogP contribution in [0.15, 0.2) is 42.0 Å². The molecule has 0 aliphatic rings. The lowest BCUT2D eigenvalue weighted by Crippen LogP contribution is -2.35. The number of benzene rings is 2. The summed E-state index contributed by atoms with van der Waals surface area (Å²) in [4.78, 5) is 22.5. The van der Waals surface area contributed by atoms with Gasteiger partial charge in [0, 0.05) is 12.1 Å². The number of imide groups is 1. The van der Waals surface area contributed by atoms with Gasteiger partial charge in [0.2, 0.25) is 5.71 Å². The molecule has 2 amide bonds. The molecule has 3 N–H and O–H groups in total. The minimum absolute atomic E-state index is 0.112. The van der Waals surface area contributed by atoms with E-state index in [2.05, 4.69) is 56.9 Å². The predicted octanol–water partition coefficient (Wildman–Crippen LogP) is 4.93. The van der Waals surface area contributed by atoms with Gasteiger partial charge in [-0.3, -0.25) is 15.1 Å². The Morgan fingerprint density at radius 2 is 1.91 bits per heavy atom. The van der Waals surface area contributed by atoms with Crippen molar-refractivity contribution in [3.8, 4) is 23.3 Å². The molecule has 0 aromatic heterocycles. The Morgan fingerprint density at radius 1 is 1.28 bits per heavy atom. The van der Waals surface area contributed by atoms with E-state index in [1.807, 2.05) is 0 Å². The van der Waals surface area contributed by atoms with Gasteiger partial charge in [0.25, 0.3) is 5.91 Å². The molecular weight excluding hydrogens is 642 g/mol. The number of phenols is 1. The summed E-state index contributed by atoms with van der Waals surface area (Å²) < 4.78 is 7.50. The van der Waals surface area contributed by atoms with Gasteiger partial charge in [0.15, 0.2) is 5.75 Å². The molecule has 0 saturated heterocycles. The van der Waals surface area contributed by atoms with Crippen molar-refractivity contribution < 1.29 is 24.5 Å². The maximum atomic E-state index is 11.8. The lowest BCUT2D eigenvalue weighted by Gasteiger charge is -2.20. The fourth-order valence-electron chi connectivity index (χ4n) is 2.54. The minimum Gasteiger partial charge on any atom is -0.507 e. The maximum absolute atomic E-state index is 11.8. The van der Waals surface area contributed by atoms with Crippen molar-refractivity contribution in [3.63, 3.8) is 0 Å². The van der Waals surface area contributed by atoms with Gasteiger partial charge in [0.1, 0.15) is 17.6 Å². The number of amides is 2. The van der Waals surface area contributed by atoms with Crippen LogP contribution in [0.25, 0.3) is 5.57 Å². The molecule has 0 aliphatic carbocycles. The van der Waals surface area contributed by atoms with Crippen LogP contribution < -0.4 is 15.1 Å².